The van der Waals surface area contributed by atoms with Gasteiger partial charge in [0.1, 0.15) is 12.1 Å². The highest BCUT2D eigenvalue weighted by Gasteiger charge is 2.23. The van der Waals surface area contributed by atoms with Gasteiger partial charge < -0.3 is 10.6 Å². The van der Waals surface area contributed by atoms with E-state index < -0.39 is 0 Å². The highest BCUT2D eigenvalue weighted by atomic mass is 35.5. The molecule has 1 fully saturated rings. The van der Waals surface area contributed by atoms with Gasteiger partial charge in [-0.3, -0.25) is 9.69 Å². The van der Waals surface area contributed by atoms with E-state index in [-0.39, 0.29) is 5.91 Å². The van der Waals surface area contributed by atoms with Crippen LogP contribution in [0, 0.1) is 11.8 Å². The zero-order valence-corrected chi connectivity index (χ0v) is 16.6. The van der Waals surface area contributed by atoms with Gasteiger partial charge in [0.25, 0.3) is 0 Å². The molecule has 0 unspecified atom stereocenters. The van der Waals surface area contributed by atoms with Crippen LogP contribution in [0.5, 0.6) is 0 Å². The molecule has 0 bridgehead atoms. The second-order valence-electron chi connectivity index (χ2n) is 6.92. The van der Waals surface area contributed by atoms with Gasteiger partial charge >= 0.3 is 0 Å². The summed E-state index contributed by atoms with van der Waals surface area (Å²) in [6.45, 7) is 2.90. The second kappa shape index (κ2) is 8.48. The minimum atomic E-state index is 0.0955. The summed E-state index contributed by atoms with van der Waals surface area (Å²) in [5.41, 5.74) is 8.49. The van der Waals surface area contributed by atoms with Gasteiger partial charge in [-0.05, 0) is 29.8 Å². The van der Waals surface area contributed by atoms with Crippen LogP contribution in [0.1, 0.15) is 11.1 Å². The summed E-state index contributed by atoms with van der Waals surface area (Å²) in [6.07, 6.45) is 1.45. The van der Waals surface area contributed by atoms with Crippen LogP contribution in [0.2, 0.25) is 5.02 Å². The predicted molar refractivity (Wildman–Crippen MR) is 114 cm³/mol. The number of halogens is 1. The van der Waals surface area contributed by atoms with Crippen LogP contribution in [0.15, 0.2) is 48.8 Å². The lowest BCUT2D eigenvalue weighted by Crippen LogP contribution is -2.49. The number of fused-ring (bicyclic) bond motifs is 1. The fourth-order valence-electron chi connectivity index (χ4n) is 3.31. The lowest BCUT2D eigenvalue weighted by Gasteiger charge is -2.33. The number of nitrogens with two attached hydrogens (primary N) is 1. The van der Waals surface area contributed by atoms with Crippen molar-refractivity contribution in [1.29, 1.82) is 0 Å². The van der Waals surface area contributed by atoms with E-state index in [1.54, 1.807) is 0 Å². The van der Waals surface area contributed by atoms with Gasteiger partial charge in [-0.2, -0.15) is 0 Å². The maximum Gasteiger partial charge on any atom is 0.237 e. The average molecular weight is 406 g/mol. The van der Waals surface area contributed by atoms with Crippen molar-refractivity contribution in [3.8, 4) is 11.8 Å². The molecule has 0 atom stereocenters. The number of aromatic nitrogens is 2. The van der Waals surface area contributed by atoms with Crippen LogP contribution in [0.4, 0.5) is 5.82 Å². The molecule has 1 aliphatic rings. The Hall–Kier alpha value is -3.14. The third-order valence-corrected chi connectivity index (χ3v) is 5.23. The highest BCUT2D eigenvalue weighted by molar-refractivity contribution is 6.31. The number of nitrogens with zero attached hydrogens (tertiary/aromatic N) is 4. The number of amides is 1. The average Bonchev–Trinajstić information content (AvgIpc) is 2.71. The summed E-state index contributed by atoms with van der Waals surface area (Å²) in [5.74, 6) is 6.75. The van der Waals surface area contributed by atoms with Gasteiger partial charge in [0.2, 0.25) is 5.91 Å². The Morgan fingerprint density at radius 1 is 1.14 bits per heavy atom. The van der Waals surface area contributed by atoms with Crippen molar-refractivity contribution in [2.75, 3.05) is 31.9 Å². The van der Waals surface area contributed by atoms with Crippen molar-refractivity contribution in [2.45, 2.75) is 6.54 Å². The number of carbonyl (C=O) groups excluding carboxylic acids is 1. The number of anilines is 1. The molecule has 4 rings (SSSR count). The van der Waals surface area contributed by atoms with E-state index in [1.165, 1.54) is 6.33 Å². The fourth-order valence-corrected chi connectivity index (χ4v) is 3.49. The molecule has 29 heavy (non-hydrogen) atoms. The molecule has 1 aromatic heterocycles. The van der Waals surface area contributed by atoms with E-state index >= 15 is 0 Å². The number of nitrogen functional groups attached to an aromatic ring is 1. The Morgan fingerprint density at radius 2 is 2.00 bits per heavy atom. The number of carbonyl (C=O) groups is 1. The van der Waals surface area contributed by atoms with Crippen LogP contribution in [0.3, 0.4) is 0 Å². The highest BCUT2D eigenvalue weighted by Crippen LogP contribution is 2.19. The first-order valence-electron chi connectivity index (χ1n) is 9.33. The molecule has 3 aromatic rings. The molecule has 2 heterocycles. The normalized spacial score (nSPS) is 14.7. The summed E-state index contributed by atoms with van der Waals surface area (Å²) in [4.78, 5) is 24.8. The maximum atomic E-state index is 12.6. The molecule has 0 spiro atoms. The van der Waals surface area contributed by atoms with Crippen LogP contribution in [-0.4, -0.2) is 51.9 Å². The first kappa shape index (κ1) is 19.2. The Kier molecular flexibility index (Phi) is 5.61. The van der Waals surface area contributed by atoms with Crippen LogP contribution in [-0.2, 0) is 11.3 Å². The first-order valence-corrected chi connectivity index (χ1v) is 9.70. The van der Waals surface area contributed by atoms with E-state index in [2.05, 4.69) is 26.7 Å². The summed E-state index contributed by atoms with van der Waals surface area (Å²) in [7, 11) is 0. The molecule has 1 amide bonds. The van der Waals surface area contributed by atoms with E-state index in [9.17, 15) is 4.79 Å². The molecule has 0 saturated carbocycles. The van der Waals surface area contributed by atoms with E-state index in [0.717, 1.165) is 28.6 Å². The van der Waals surface area contributed by atoms with Crippen molar-refractivity contribution in [2.24, 2.45) is 0 Å². The zero-order chi connectivity index (χ0) is 20.2. The summed E-state index contributed by atoms with van der Waals surface area (Å²) >= 11 is 6.12. The number of piperazine rings is 1. The van der Waals surface area contributed by atoms with Crippen molar-refractivity contribution in [1.82, 2.24) is 19.8 Å². The van der Waals surface area contributed by atoms with Crippen molar-refractivity contribution in [3.63, 3.8) is 0 Å². The largest absolute Gasteiger partial charge is 0.383 e. The third-order valence-electron chi connectivity index (χ3n) is 4.90. The van der Waals surface area contributed by atoms with E-state index in [1.807, 2.05) is 47.4 Å². The van der Waals surface area contributed by atoms with Gasteiger partial charge in [-0.15, -0.1) is 0 Å². The quantitative estimate of drug-likeness (QED) is 0.678. The van der Waals surface area contributed by atoms with Crippen molar-refractivity contribution >= 4 is 34.2 Å². The SMILES string of the molecule is Nc1ncnc2cc(CN3CCN(CC#Cc4ccccc4Cl)CC3=O)ccc12. The Morgan fingerprint density at radius 3 is 2.83 bits per heavy atom. The summed E-state index contributed by atoms with van der Waals surface area (Å²) in [5, 5.41) is 1.47. The lowest BCUT2D eigenvalue weighted by molar-refractivity contribution is -0.136. The van der Waals surface area contributed by atoms with Crippen LogP contribution in [0.25, 0.3) is 10.9 Å². The molecular formula is C22H20ClN5O. The molecule has 0 aliphatic carbocycles. The Bertz CT molecular complexity index is 1120. The molecule has 1 aliphatic heterocycles. The van der Waals surface area contributed by atoms with Gasteiger partial charge in [-0.1, -0.05) is 41.6 Å². The molecular weight excluding hydrogens is 386 g/mol. The van der Waals surface area contributed by atoms with Crippen molar-refractivity contribution in [3.05, 3.63) is 64.9 Å². The number of hydrogen-bond donors (Lipinski definition) is 1. The van der Waals surface area contributed by atoms with Crippen molar-refractivity contribution < 1.29 is 4.79 Å². The number of rotatable bonds is 3. The summed E-state index contributed by atoms with van der Waals surface area (Å²) in [6, 6.07) is 13.3. The van der Waals surface area contributed by atoms with E-state index in [0.29, 0.717) is 37.0 Å². The minimum absolute atomic E-state index is 0.0955. The van der Waals surface area contributed by atoms with Gasteiger partial charge in [0.05, 0.1) is 23.6 Å². The third kappa shape index (κ3) is 4.48. The van der Waals surface area contributed by atoms with Gasteiger partial charge in [0, 0.05) is 30.6 Å². The number of hydrogen-bond acceptors (Lipinski definition) is 5. The second-order valence-corrected chi connectivity index (χ2v) is 7.33. The van der Waals surface area contributed by atoms with Gasteiger partial charge in [-0.25, -0.2) is 9.97 Å². The lowest BCUT2D eigenvalue weighted by atomic mass is 10.1. The molecule has 2 N–H and O–H groups in total. The van der Waals surface area contributed by atoms with Gasteiger partial charge in [0.15, 0.2) is 0 Å². The smallest absolute Gasteiger partial charge is 0.237 e. The monoisotopic (exact) mass is 405 g/mol. The maximum absolute atomic E-state index is 12.6. The molecule has 6 nitrogen and oxygen atoms in total. The molecule has 2 aromatic carbocycles. The predicted octanol–water partition coefficient (Wildman–Crippen LogP) is 2.56. The fraction of sp³-hybridized carbons (Fsp3) is 0.227. The van der Waals surface area contributed by atoms with Crippen LogP contribution >= 0.6 is 11.6 Å². The Labute approximate surface area is 174 Å². The first-order chi connectivity index (χ1) is 14.1. The van der Waals surface area contributed by atoms with Crippen LogP contribution < -0.4 is 5.73 Å². The minimum Gasteiger partial charge on any atom is -0.383 e. The van der Waals surface area contributed by atoms with E-state index in [4.69, 9.17) is 17.3 Å². The molecule has 7 heteroatoms. The Balaban J connectivity index is 1.36. The molecule has 146 valence electrons. The molecule has 1 saturated heterocycles. The summed E-state index contributed by atoms with van der Waals surface area (Å²) < 4.78 is 0. The topological polar surface area (TPSA) is 75.3 Å². The number of benzene rings is 2. The molecule has 0 radical (unpaired) electrons. The standard InChI is InChI=1S/C22H20ClN5O/c23-19-6-2-1-4-17(19)5-3-9-27-10-11-28(21(29)14-27)13-16-7-8-18-20(12-16)25-15-26-22(18)24/h1-2,4,6-8,12,15H,9-11,13-14H2,(H2,24,25,26). The zero-order valence-electron chi connectivity index (χ0n) is 15.8.